The monoisotopic (exact) mass is 242 g/mol. The Balaban J connectivity index is 2.55. The molecule has 0 aliphatic carbocycles. The Morgan fingerprint density at radius 2 is 1.76 bits per heavy atom. The Hall–Kier alpha value is -2.02. The van der Waals surface area contributed by atoms with Crippen LogP contribution in [0.1, 0.15) is 0 Å². The van der Waals surface area contributed by atoms with E-state index in [1.807, 2.05) is 0 Å². The minimum Gasteiger partial charge on any atom is -0.397 e. The molecule has 0 atom stereocenters. The minimum absolute atomic E-state index is 0.187. The number of imide groups is 1. The summed E-state index contributed by atoms with van der Waals surface area (Å²) in [6.07, 6.45) is 0. The molecule has 0 aromatic heterocycles. The van der Waals surface area contributed by atoms with Crippen LogP contribution in [0.3, 0.4) is 0 Å². The van der Waals surface area contributed by atoms with Gasteiger partial charge in [0, 0.05) is 0 Å². The lowest BCUT2D eigenvalue weighted by atomic mass is 10.2. The molecule has 1 saturated heterocycles. The summed E-state index contributed by atoms with van der Waals surface area (Å²) in [5.41, 5.74) is 4.71. The lowest BCUT2D eigenvalue weighted by Crippen LogP contribution is -2.47. The van der Waals surface area contributed by atoms with Crippen molar-refractivity contribution in [3.8, 4) is 0 Å². The Kier molecular flexibility index (Phi) is 2.76. The van der Waals surface area contributed by atoms with Gasteiger partial charge < -0.3 is 10.5 Å². The van der Waals surface area contributed by atoms with Crippen LogP contribution < -0.4 is 10.6 Å². The number of anilines is 2. The van der Waals surface area contributed by atoms with Gasteiger partial charge in [0.05, 0.1) is 5.69 Å². The fourth-order valence-corrected chi connectivity index (χ4v) is 1.53. The molecule has 2 rings (SSSR count). The molecule has 1 aromatic carbocycles. The molecule has 1 aliphatic heterocycles. The predicted molar refractivity (Wildman–Crippen MR) is 54.1 cm³/mol. The van der Waals surface area contributed by atoms with E-state index in [9.17, 15) is 18.4 Å². The number of carbonyl (C=O) groups excluding carboxylic acids is 2. The summed E-state index contributed by atoms with van der Waals surface area (Å²) in [6.45, 7) is -0.748. The molecule has 17 heavy (non-hydrogen) atoms. The van der Waals surface area contributed by atoms with Gasteiger partial charge in [-0.1, -0.05) is 0 Å². The van der Waals surface area contributed by atoms with Crippen molar-refractivity contribution in [3.63, 3.8) is 0 Å². The van der Waals surface area contributed by atoms with Gasteiger partial charge in [-0.25, -0.2) is 13.7 Å². The predicted octanol–water partition coefficient (Wildman–Crippen LogP) is 0.437. The maximum atomic E-state index is 13.6. The molecule has 0 unspecified atom stereocenters. The number of ether oxygens (including phenoxy) is 1. The highest BCUT2D eigenvalue weighted by Gasteiger charge is 2.32. The molecule has 1 aromatic rings. The molecule has 5 nitrogen and oxygen atoms in total. The van der Waals surface area contributed by atoms with Crippen molar-refractivity contribution in [2.45, 2.75) is 0 Å². The number of morpholine rings is 1. The lowest BCUT2D eigenvalue weighted by Gasteiger charge is -2.26. The topological polar surface area (TPSA) is 72.6 Å². The first-order valence-electron chi connectivity index (χ1n) is 4.69. The molecule has 7 heteroatoms. The second-order valence-corrected chi connectivity index (χ2v) is 3.41. The van der Waals surface area contributed by atoms with E-state index >= 15 is 0 Å². The summed E-state index contributed by atoms with van der Waals surface area (Å²) in [6, 6.07) is 1.91. The maximum absolute atomic E-state index is 13.6. The summed E-state index contributed by atoms with van der Waals surface area (Å²) in [4.78, 5) is 23.4. The highest BCUT2D eigenvalue weighted by atomic mass is 19.2. The average Bonchev–Trinajstić information content (AvgIpc) is 2.28. The second kappa shape index (κ2) is 4.10. The van der Waals surface area contributed by atoms with Gasteiger partial charge in [-0.3, -0.25) is 9.59 Å². The van der Waals surface area contributed by atoms with Crippen LogP contribution >= 0.6 is 0 Å². The van der Waals surface area contributed by atoms with Crippen molar-refractivity contribution in [2.24, 2.45) is 0 Å². The van der Waals surface area contributed by atoms with Crippen molar-refractivity contribution in [2.75, 3.05) is 23.8 Å². The van der Waals surface area contributed by atoms with Crippen LogP contribution in [0.2, 0.25) is 0 Å². The first-order valence-corrected chi connectivity index (χ1v) is 4.69. The largest absolute Gasteiger partial charge is 0.397 e. The van der Waals surface area contributed by atoms with Gasteiger partial charge in [-0.15, -0.1) is 0 Å². The molecule has 1 fully saturated rings. The molecular weight excluding hydrogens is 234 g/mol. The van der Waals surface area contributed by atoms with E-state index in [0.29, 0.717) is 4.90 Å². The zero-order valence-electron chi connectivity index (χ0n) is 8.57. The highest BCUT2D eigenvalue weighted by Crippen LogP contribution is 2.29. The van der Waals surface area contributed by atoms with Crippen LogP contribution in [0.4, 0.5) is 20.2 Å². The van der Waals surface area contributed by atoms with E-state index in [0.717, 1.165) is 12.1 Å². The van der Waals surface area contributed by atoms with Crippen molar-refractivity contribution < 1.29 is 23.1 Å². The molecule has 2 N–H and O–H groups in total. The van der Waals surface area contributed by atoms with Gasteiger partial charge in [0.25, 0.3) is 11.8 Å². The van der Waals surface area contributed by atoms with E-state index < -0.39 is 29.1 Å². The van der Waals surface area contributed by atoms with Gasteiger partial charge in [0.1, 0.15) is 18.9 Å². The van der Waals surface area contributed by atoms with Crippen LogP contribution in [0, 0.1) is 11.6 Å². The van der Waals surface area contributed by atoms with Gasteiger partial charge in [0.2, 0.25) is 0 Å². The van der Waals surface area contributed by atoms with Crippen molar-refractivity contribution in [1.29, 1.82) is 0 Å². The number of hydrogen-bond donors (Lipinski definition) is 1. The van der Waals surface area contributed by atoms with Crippen LogP contribution in [-0.4, -0.2) is 25.0 Å². The molecule has 0 radical (unpaired) electrons. The second-order valence-electron chi connectivity index (χ2n) is 3.41. The molecule has 0 saturated carbocycles. The van der Waals surface area contributed by atoms with E-state index in [4.69, 9.17) is 5.73 Å². The fraction of sp³-hybridized carbons (Fsp3) is 0.200. The lowest BCUT2D eigenvalue weighted by molar-refractivity contribution is -0.138. The first kappa shape index (κ1) is 11.5. The number of nitrogens with zero attached hydrogens (tertiary/aromatic N) is 1. The third-order valence-electron chi connectivity index (χ3n) is 2.27. The molecular formula is C10H8F2N2O3. The zero-order valence-corrected chi connectivity index (χ0v) is 8.57. The zero-order chi connectivity index (χ0) is 12.6. The Labute approximate surface area is 94.8 Å². The van der Waals surface area contributed by atoms with E-state index in [1.54, 1.807) is 0 Å². The first-order chi connectivity index (χ1) is 8.02. The van der Waals surface area contributed by atoms with Crippen molar-refractivity contribution in [3.05, 3.63) is 23.8 Å². The quantitative estimate of drug-likeness (QED) is 0.572. The Morgan fingerprint density at radius 1 is 1.18 bits per heavy atom. The third-order valence-corrected chi connectivity index (χ3v) is 2.27. The number of nitrogens with two attached hydrogens (primary N) is 1. The number of rotatable bonds is 1. The number of amides is 2. The van der Waals surface area contributed by atoms with Crippen LogP contribution in [0.15, 0.2) is 12.1 Å². The van der Waals surface area contributed by atoms with Crippen LogP contribution in [-0.2, 0) is 14.3 Å². The van der Waals surface area contributed by atoms with E-state index in [2.05, 4.69) is 4.74 Å². The molecule has 1 heterocycles. The summed E-state index contributed by atoms with van der Waals surface area (Å²) in [5.74, 6) is -4.07. The number of halogens is 2. The van der Waals surface area contributed by atoms with Gasteiger partial charge in [-0.2, -0.15) is 0 Å². The van der Waals surface area contributed by atoms with Crippen molar-refractivity contribution >= 4 is 23.2 Å². The molecule has 2 amide bonds. The summed E-state index contributed by atoms with van der Waals surface area (Å²) >= 11 is 0. The van der Waals surface area contributed by atoms with Crippen LogP contribution in [0.5, 0.6) is 0 Å². The Bertz CT molecular complexity index is 489. The van der Waals surface area contributed by atoms with Gasteiger partial charge in [0.15, 0.2) is 11.6 Å². The molecule has 1 aliphatic rings. The summed E-state index contributed by atoms with van der Waals surface area (Å²) < 4.78 is 31.3. The highest BCUT2D eigenvalue weighted by molar-refractivity contribution is 6.18. The van der Waals surface area contributed by atoms with Gasteiger partial charge >= 0.3 is 0 Å². The molecule has 90 valence electrons. The number of carbonyl (C=O) groups is 2. The molecule has 0 spiro atoms. The number of nitrogen functional groups attached to an aromatic ring is 1. The SMILES string of the molecule is Nc1ccc(F)c(F)c1N1C(=O)COCC1=O. The third kappa shape index (κ3) is 1.84. The summed E-state index contributed by atoms with van der Waals surface area (Å²) in [7, 11) is 0. The summed E-state index contributed by atoms with van der Waals surface area (Å²) in [5, 5.41) is 0. The van der Waals surface area contributed by atoms with E-state index in [-0.39, 0.29) is 18.9 Å². The minimum atomic E-state index is -1.33. The number of hydrogen-bond acceptors (Lipinski definition) is 4. The van der Waals surface area contributed by atoms with E-state index in [1.165, 1.54) is 0 Å². The average molecular weight is 242 g/mol. The van der Waals surface area contributed by atoms with Gasteiger partial charge in [-0.05, 0) is 12.1 Å². The Morgan fingerprint density at radius 3 is 2.35 bits per heavy atom. The smallest absolute Gasteiger partial charge is 0.260 e. The van der Waals surface area contributed by atoms with Crippen LogP contribution in [0.25, 0.3) is 0 Å². The van der Waals surface area contributed by atoms with Crippen molar-refractivity contribution in [1.82, 2.24) is 0 Å². The molecule has 0 bridgehead atoms. The fourth-order valence-electron chi connectivity index (χ4n) is 1.53. The maximum Gasteiger partial charge on any atom is 0.260 e. The number of benzene rings is 1. The standard InChI is InChI=1S/C10H8F2N2O3/c11-5-1-2-6(13)10(9(5)12)14-7(15)3-17-4-8(14)16/h1-2H,3-4,13H2. The normalized spacial score (nSPS) is 16.5.